The molecule has 0 bridgehead atoms. The highest BCUT2D eigenvalue weighted by molar-refractivity contribution is 7.15. The predicted molar refractivity (Wildman–Crippen MR) is 128 cm³/mol. The number of rotatable bonds is 5. The number of nitrogens with zero attached hydrogens (tertiary/aromatic N) is 4. The fraction of sp³-hybridized carbons (Fsp3) is 0.348. The molecule has 3 N–H and O–H groups in total. The van der Waals surface area contributed by atoms with Gasteiger partial charge in [-0.1, -0.05) is 0 Å². The summed E-state index contributed by atoms with van der Waals surface area (Å²) in [6, 6.07) is 6.89. The van der Waals surface area contributed by atoms with E-state index >= 15 is 0 Å². The van der Waals surface area contributed by atoms with E-state index in [9.17, 15) is 37.8 Å². The molecule has 3 unspecified atom stereocenters. The van der Waals surface area contributed by atoms with Crippen LogP contribution in [0.4, 0.5) is 18.9 Å². The number of carbonyl (C=O) groups is 3. The number of aliphatic hydroxyl groups excluding tert-OH is 2. The third-order valence-electron chi connectivity index (χ3n) is 5.91. The number of hydrazone groups is 2. The molecule has 196 valence electrons. The first-order valence-electron chi connectivity index (χ1n) is 11.0. The van der Waals surface area contributed by atoms with Gasteiger partial charge in [0, 0.05) is 13.1 Å². The second-order valence-corrected chi connectivity index (χ2v) is 9.66. The standard InChI is InChI=1S/C23H22F3N5O5S/c1-11(19-12(2)29-31(22(19)36)14-5-3-13(4-6-14)23(24,25)26)27-28-20(34)17-7-8-18(37-17)21(35)30-9-15(32)16(33)10-30/h3-8,15-16,19,32-33H,9-10H2,1-2H3,(H,28,34)/b27-11+. The minimum Gasteiger partial charge on any atom is -0.388 e. The molecular formula is C23H22F3N5O5S. The lowest BCUT2D eigenvalue weighted by molar-refractivity contribution is -0.137. The number of anilines is 1. The number of likely N-dealkylation sites (tertiary alicyclic amines) is 1. The van der Waals surface area contributed by atoms with Crippen molar-refractivity contribution in [2.45, 2.75) is 32.2 Å². The predicted octanol–water partition coefficient (Wildman–Crippen LogP) is 2.09. The molecule has 10 nitrogen and oxygen atoms in total. The molecule has 2 aromatic rings. The van der Waals surface area contributed by atoms with Gasteiger partial charge in [0.15, 0.2) is 0 Å². The highest BCUT2D eigenvalue weighted by atomic mass is 32.1. The fourth-order valence-corrected chi connectivity index (χ4v) is 4.81. The number of halogens is 3. The van der Waals surface area contributed by atoms with Crippen molar-refractivity contribution in [3.05, 3.63) is 51.7 Å². The molecule has 3 atom stereocenters. The number of hydrogen-bond acceptors (Lipinski definition) is 8. The Kier molecular flexibility index (Phi) is 7.17. The van der Waals surface area contributed by atoms with Crippen LogP contribution in [-0.4, -0.2) is 69.6 Å². The van der Waals surface area contributed by atoms with Crippen molar-refractivity contribution in [1.82, 2.24) is 10.3 Å². The van der Waals surface area contributed by atoms with E-state index in [0.717, 1.165) is 40.6 Å². The van der Waals surface area contributed by atoms with E-state index in [2.05, 4.69) is 15.6 Å². The number of nitrogens with one attached hydrogen (secondary N) is 1. The van der Waals surface area contributed by atoms with Gasteiger partial charge in [-0.05, 0) is 50.2 Å². The molecule has 14 heteroatoms. The Balaban J connectivity index is 1.40. The molecule has 1 fully saturated rings. The second kappa shape index (κ2) is 10.0. The molecule has 2 aliphatic rings. The van der Waals surface area contributed by atoms with Crippen molar-refractivity contribution in [3.63, 3.8) is 0 Å². The van der Waals surface area contributed by atoms with Gasteiger partial charge in [-0.15, -0.1) is 11.3 Å². The Hall–Kier alpha value is -3.62. The molecule has 2 aliphatic heterocycles. The Morgan fingerprint density at radius 3 is 2.27 bits per heavy atom. The number of aliphatic hydroxyl groups is 2. The van der Waals surface area contributed by atoms with Gasteiger partial charge in [-0.25, -0.2) is 5.43 Å². The summed E-state index contributed by atoms with van der Waals surface area (Å²) in [5, 5.41) is 28.4. The van der Waals surface area contributed by atoms with Gasteiger partial charge in [0.2, 0.25) is 0 Å². The first-order chi connectivity index (χ1) is 17.4. The smallest absolute Gasteiger partial charge is 0.388 e. The lowest BCUT2D eigenvalue weighted by Gasteiger charge is -2.15. The van der Waals surface area contributed by atoms with Crippen molar-refractivity contribution in [1.29, 1.82) is 0 Å². The molecule has 1 saturated heterocycles. The van der Waals surface area contributed by atoms with Gasteiger partial charge in [0.1, 0.15) is 5.92 Å². The Labute approximate surface area is 212 Å². The van der Waals surface area contributed by atoms with Crippen molar-refractivity contribution >= 4 is 46.2 Å². The van der Waals surface area contributed by atoms with E-state index in [-0.39, 0.29) is 34.2 Å². The van der Waals surface area contributed by atoms with Gasteiger partial charge in [-0.3, -0.25) is 14.4 Å². The van der Waals surface area contributed by atoms with Crippen molar-refractivity contribution < 1.29 is 37.8 Å². The molecule has 1 aromatic heterocycles. The van der Waals surface area contributed by atoms with Gasteiger partial charge >= 0.3 is 6.18 Å². The van der Waals surface area contributed by atoms with Crippen LogP contribution in [0.25, 0.3) is 0 Å². The van der Waals surface area contributed by atoms with Gasteiger partial charge < -0.3 is 15.1 Å². The van der Waals surface area contributed by atoms with Crippen molar-refractivity contribution in [3.8, 4) is 0 Å². The van der Waals surface area contributed by atoms with Gasteiger partial charge in [-0.2, -0.15) is 28.4 Å². The molecule has 0 aliphatic carbocycles. The molecule has 37 heavy (non-hydrogen) atoms. The number of alkyl halides is 3. The third-order valence-corrected chi connectivity index (χ3v) is 6.98. The lowest BCUT2D eigenvalue weighted by Crippen LogP contribution is -2.33. The van der Waals surface area contributed by atoms with E-state index < -0.39 is 47.6 Å². The summed E-state index contributed by atoms with van der Waals surface area (Å²) < 4.78 is 38.5. The average Bonchev–Trinajstić information content (AvgIpc) is 3.54. The number of benzene rings is 1. The first kappa shape index (κ1) is 26.4. The molecule has 0 spiro atoms. The maximum absolute atomic E-state index is 12.9. The average molecular weight is 538 g/mol. The van der Waals surface area contributed by atoms with Crippen LogP contribution in [0.5, 0.6) is 0 Å². The van der Waals surface area contributed by atoms with Crippen molar-refractivity contribution in [2.75, 3.05) is 18.1 Å². The molecule has 1 aromatic carbocycles. The van der Waals surface area contributed by atoms with Crippen LogP contribution in [0, 0.1) is 5.92 Å². The monoisotopic (exact) mass is 537 g/mol. The zero-order valence-electron chi connectivity index (χ0n) is 19.6. The Bertz CT molecular complexity index is 1280. The number of carbonyl (C=O) groups excluding carboxylic acids is 3. The van der Waals surface area contributed by atoms with Gasteiger partial charge in [0.25, 0.3) is 17.7 Å². The molecular weight excluding hydrogens is 515 g/mol. The maximum Gasteiger partial charge on any atom is 0.416 e. The van der Waals surface area contributed by atoms with E-state index in [1.54, 1.807) is 6.92 Å². The zero-order chi connectivity index (χ0) is 27.1. The second-order valence-electron chi connectivity index (χ2n) is 8.57. The first-order valence-corrected chi connectivity index (χ1v) is 11.8. The number of hydrogen-bond donors (Lipinski definition) is 3. The van der Waals surface area contributed by atoms with E-state index in [1.807, 2.05) is 0 Å². The van der Waals surface area contributed by atoms with Crippen LogP contribution < -0.4 is 10.4 Å². The normalized spacial score (nSPS) is 22.5. The fourth-order valence-electron chi connectivity index (χ4n) is 3.95. The van der Waals surface area contributed by atoms with Crippen LogP contribution in [0.3, 0.4) is 0 Å². The van der Waals surface area contributed by atoms with Gasteiger partial charge in [0.05, 0.1) is 44.6 Å². The number of thiophene rings is 1. The minimum atomic E-state index is -4.51. The summed E-state index contributed by atoms with van der Waals surface area (Å²) in [6.07, 6.45) is -6.55. The van der Waals surface area contributed by atoms with E-state index in [4.69, 9.17) is 0 Å². The summed E-state index contributed by atoms with van der Waals surface area (Å²) in [5.41, 5.74) is 2.20. The summed E-state index contributed by atoms with van der Waals surface area (Å²) >= 11 is 0.909. The molecule has 3 amide bonds. The Morgan fingerprint density at radius 1 is 1.08 bits per heavy atom. The highest BCUT2D eigenvalue weighted by Gasteiger charge is 2.38. The molecule has 0 radical (unpaired) electrons. The topological polar surface area (TPSA) is 135 Å². The SMILES string of the molecule is CC1=NN(c2ccc(C(F)(F)F)cc2)C(=O)C1/C(C)=N/NC(=O)c1ccc(C(=O)N2CC(O)C(O)C2)s1. The summed E-state index contributed by atoms with van der Waals surface area (Å²) in [6.45, 7) is 3.05. The summed E-state index contributed by atoms with van der Waals surface area (Å²) in [5.74, 6) is -2.50. The summed E-state index contributed by atoms with van der Waals surface area (Å²) in [4.78, 5) is 39.7. The van der Waals surface area contributed by atoms with Crippen molar-refractivity contribution in [2.24, 2.45) is 16.1 Å². The highest BCUT2D eigenvalue weighted by Crippen LogP contribution is 2.32. The van der Waals surface area contributed by atoms with Crippen LogP contribution in [-0.2, 0) is 11.0 Å². The minimum absolute atomic E-state index is 0.0112. The Morgan fingerprint density at radius 2 is 1.68 bits per heavy atom. The number of β-amino-alcohol motifs (C(OH)–C–C–N with tert-alkyl or cyclic N) is 2. The molecule has 4 rings (SSSR count). The van der Waals surface area contributed by atoms with Crippen LogP contribution in [0.1, 0.15) is 38.8 Å². The molecule has 3 heterocycles. The maximum atomic E-state index is 12.9. The number of amides is 3. The van der Waals surface area contributed by atoms with Crippen LogP contribution >= 0.6 is 11.3 Å². The van der Waals surface area contributed by atoms with E-state index in [1.165, 1.54) is 24.0 Å². The lowest BCUT2D eigenvalue weighted by atomic mass is 9.99. The van der Waals surface area contributed by atoms with E-state index in [0.29, 0.717) is 5.71 Å². The van der Waals surface area contributed by atoms with Crippen LogP contribution in [0.15, 0.2) is 46.6 Å². The van der Waals surface area contributed by atoms with Crippen LogP contribution in [0.2, 0.25) is 0 Å². The quantitative estimate of drug-likeness (QED) is 0.397. The third kappa shape index (κ3) is 5.40. The zero-order valence-corrected chi connectivity index (χ0v) is 20.4. The molecule has 0 saturated carbocycles. The largest absolute Gasteiger partial charge is 0.416 e. The summed E-state index contributed by atoms with van der Waals surface area (Å²) in [7, 11) is 0.